The lowest BCUT2D eigenvalue weighted by Gasteiger charge is -2.47. The van der Waals surface area contributed by atoms with Gasteiger partial charge in [-0.05, 0) is 49.4 Å². The third kappa shape index (κ3) is 4.12. The van der Waals surface area contributed by atoms with Gasteiger partial charge < -0.3 is 5.11 Å². The van der Waals surface area contributed by atoms with E-state index in [2.05, 4.69) is 51.8 Å². The van der Waals surface area contributed by atoms with Crippen LogP contribution < -0.4 is 0 Å². The molecule has 0 saturated carbocycles. The Hall–Kier alpha value is -2.31. The SMILES string of the molecule is OC1(C#Cc2ccc(C3=CPCC=N3)nc2Cc2ccccc2)CN2CCC1CC2. The van der Waals surface area contributed by atoms with Crippen molar-refractivity contribution in [3.63, 3.8) is 0 Å². The molecule has 3 fully saturated rings. The third-order valence-corrected chi connectivity index (χ3v) is 7.17. The molecule has 5 heteroatoms. The predicted octanol–water partition coefficient (Wildman–Crippen LogP) is 3.54. The molecule has 2 unspecified atom stereocenters. The minimum Gasteiger partial charge on any atom is -0.376 e. The summed E-state index contributed by atoms with van der Waals surface area (Å²) >= 11 is 0. The molecule has 2 atom stereocenters. The van der Waals surface area contributed by atoms with Gasteiger partial charge in [0.15, 0.2) is 0 Å². The van der Waals surface area contributed by atoms with E-state index in [-0.39, 0.29) is 5.92 Å². The summed E-state index contributed by atoms with van der Waals surface area (Å²) in [5.74, 6) is 9.02. The fraction of sp³-hybridized carbons (Fsp3) is 0.360. The van der Waals surface area contributed by atoms with Crippen LogP contribution in [-0.2, 0) is 6.42 Å². The number of rotatable bonds is 3. The molecule has 4 aliphatic heterocycles. The predicted molar refractivity (Wildman–Crippen MR) is 124 cm³/mol. The van der Waals surface area contributed by atoms with Crippen LogP contribution in [0.25, 0.3) is 5.70 Å². The van der Waals surface area contributed by atoms with E-state index in [1.807, 2.05) is 24.4 Å². The van der Waals surface area contributed by atoms with Crippen molar-refractivity contribution in [3.05, 3.63) is 70.8 Å². The van der Waals surface area contributed by atoms with E-state index in [1.54, 1.807) is 0 Å². The molecule has 2 bridgehead atoms. The number of aliphatic imine (C=N–C) groups is 1. The Morgan fingerprint density at radius 1 is 1.13 bits per heavy atom. The maximum absolute atomic E-state index is 11.2. The van der Waals surface area contributed by atoms with Gasteiger partial charge in [-0.1, -0.05) is 50.8 Å². The molecule has 0 radical (unpaired) electrons. The van der Waals surface area contributed by atoms with Gasteiger partial charge in [0.2, 0.25) is 0 Å². The molecule has 4 aliphatic rings. The molecule has 2 aromatic rings. The van der Waals surface area contributed by atoms with E-state index in [0.29, 0.717) is 13.0 Å². The monoisotopic (exact) mass is 415 g/mol. The standard InChI is InChI=1S/C25H26N3OP/c29-25(18-28-13-9-21(25)10-14-28)11-8-20-6-7-22(24-17-30-15-12-26-24)27-23(20)16-19-4-2-1-3-5-19/h1-7,12,17,21,29-30H,9-10,13-16,18H2. The van der Waals surface area contributed by atoms with Crippen LogP contribution in [0.5, 0.6) is 0 Å². The van der Waals surface area contributed by atoms with E-state index in [4.69, 9.17) is 4.98 Å². The molecule has 4 nitrogen and oxygen atoms in total. The summed E-state index contributed by atoms with van der Waals surface area (Å²) in [4.78, 5) is 11.8. The summed E-state index contributed by atoms with van der Waals surface area (Å²) in [7, 11) is 0.758. The van der Waals surface area contributed by atoms with Crippen molar-refractivity contribution >= 4 is 20.5 Å². The van der Waals surface area contributed by atoms with Crippen LogP contribution >= 0.6 is 8.58 Å². The zero-order valence-electron chi connectivity index (χ0n) is 17.0. The number of piperidine rings is 3. The summed E-state index contributed by atoms with van der Waals surface area (Å²) in [6.07, 6.45) is 5.77. The number of nitrogens with zero attached hydrogens (tertiary/aromatic N) is 3. The maximum atomic E-state index is 11.2. The average molecular weight is 415 g/mol. The van der Waals surface area contributed by atoms with Gasteiger partial charge in [0.05, 0.1) is 17.1 Å². The Morgan fingerprint density at radius 2 is 1.97 bits per heavy atom. The van der Waals surface area contributed by atoms with Gasteiger partial charge in [-0.15, -0.1) is 0 Å². The lowest BCUT2D eigenvalue weighted by molar-refractivity contribution is -0.0713. The number of pyridine rings is 1. The highest BCUT2D eigenvalue weighted by Crippen LogP contribution is 2.35. The highest BCUT2D eigenvalue weighted by atomic mass is 31.1. The molecule has 0 spiro atoms. The van der Waals surface area contributed by atoms with Crippen molar-refractivity contribution in [1.29, 1.82) is 0 Å². The van der Waals surface area contributed by atoms with Crippen LogP contribution in [0, 0.1) is 17.8 Å². The number of hydrogen-bond donors (Lipinski definition) is 1. The molecule has 30 heavy (non-hydrogen) atoms. The van der Waals surface area contributed by atoms with Gasteiger partial charge in [-0.2, -0.15) is 0 Å². The smallest absolute Gasteiger partial charge is 0.141 e. The first-order chi connectivity index (χ1) is 14.7. The van der Waals surface area contributed by atoms with Crippen molar-refractivity contribution in [1.82, 2.24) is 9.88 Å². The molecule has 1 aromatic heterocycles. The molecule has 152 valence electrons. The molecular weight excluding hydrogens is 389 g/mol. The van der Waals surface area contributed by atoms with E-state index in [0.717, 1.165) is 63.3 Å². The minimum atomic E-state index is -0.906. The molecule has 1 aromatic carbocycles. The van der Waals surface area contributed by atoms with E-state index < -0.39 is 5.60 Å². The summed E-state index contributed by atoms with van der Waals surface area (Å²) in [5.41, 5.74) is 3.99. The van der Waals surface area contributed by atoms with Crippen LogP contribution in [0.15, 0.2) is 53.3 Å². The Morgan fingerprint density at radius 3 is 2.67 bits per heavy atom. The van der Waals surface area contributed by atoms with Gasteiger partial charge in [0.25, 0.3) is 0 Å². The first-order valence-corrected chi connectivity index (χ1v) is 12.0. The second kappa shape index (κ2) is 8.44. The van der Waals surface area contributed by atoms with E-state index in [9.17, 15) is 5.11 Å². The number of aromatic nitrogens is 1. The van der Waals surface area contributed by atoms with Gasteiger partial charge in [0, 0.05) is 36.8 Å². The third-order valence-electron chi connectivity index (χ3n) is 6.27. The largest absolute Gasteiger partial charge is 0.376 e. The van der Waals surface area contributed by atoms with Gasteiger partial charge in [0.1, 0.15) is 5.60 Å². The first kappa shape index (κ1) is 19.6. The summed E-state index contributed by atoms with van der Waals surface area (Å²) in [6.45, 7) is 2.83. The van der Waals surface area contributed by atoms with Crippen LogP contribution in [-0.4, -0.2) is 52.6 Å². The normalized spacial score (nSPS) is 28.1. The second-order valence-electron chi connectivity index (χ2n) is 8.33. The molecular formula is C25H26N3OP. The topological polar surface area (TPSA) is 48.7 Å². The van der Waals surface area contributed by atoms with E-state index >= 15 is 0 Å². The summed E-state index contributed by atoms with van der Waals surface area (Å²) in [6, 6.07) is 14.4. The Labute approximate surface area is 179 Å². The number of hydrogen-bond acceptors (Lipinski definition) is 4. The van der Waals surface area contributed by atoms with Crippen LogP contribution in [0.3, 0.4) is 0 Å². The lowest BCUT2D eigenvalue weighted by Crippen LogP contribution is -2.58. The Bertz CT molecular complexity index is 1050. The van der Waals surface area contributed by atoms with Crippen molar-refractivity contribution < 1.29 is 5.11 Å². The molecule has 3 saturated heterocycles. The van der Waals surface area contributed by atoms with Crippen molar-refractivity contribution in [2.75, 3.05) is 25.8 Å². The van der Waals surface area contributed by atoms with Gasteiger partial charge >= 0.3 is 0 Å². The first-order valence-electron chi connectivity index (χ1n) is 10.7. The number of fused-ring (bicyclic) bond motifs is 3. The van der Waals surface area contributed by atoms with Crippen molar-refractivity contribution in [3.8, 4) is 11.8 Å². The summed E-state index contributed by atoms with van der Waals surface area (Å²) in [5, 5.41) is 11.2. The second-order valence-corrected chi connectivity index (χ2v) is 9.43. The van der Waals surface area contributed by atoms with Crippen LogP contribution in [0.2, 0.25) is 0 Å². The van der Waals surface area contributed by atoms with Crippen LogP contribution in [0.1, 0.15) is 35.4 Å². The van der Waals surface area contributed by atoms with Crippen molar-refractivity contribution in [2.45, 2.75) is 24.9 Å². The minimum absolute atomic E-state index is 0.280. The molecule has 1 N–H and O–H groups in total. The summed E-state index contributed by atoms with van der Waals surface area (Å²) < 4.78 is 0. The van der Waals surface area contributed by atoms with Crippen LogP contribution in [0.4, 0.5) is 0 Å². The highest BCUT2D eigenvalue weighted by Gasteiger charge is 2.44. The zero-order chi connectivity index (χ0) is 20.4. The zero-order valence-corrected chi connectivity index (χ0v) is 18.0. The molecule has 5 heterocycles. The number of benzene rings is 1. The number of aliphatic hydroxyl groups is 1. The van der Waals surface area contributed by atoms with Gasteiger partial charge in [-0.25, -0.2) is 4.98 Å². The maximum Gasteiger partial charge on any atom is 0.141 e. The van der Waals surface area contributed by atoms with E-state index in [1.165, 1.54) is 5.56 Å². The molecule has 0 aliphatic carbocycles. The molecule has 0 amide bonds. The Balaban J connectivity index is 1.49. The Kier molecular flexibility index (Phi) is 5.52. The highest BCUT2D eigenvalue weighted by molar-refractivity contribution is 7.43. The fourth-order valence-electron chi connectivity index (χ4n) is 4.57. The fourth-order valence-corrected chi connectivity index (χ4v) is 5.30. The molecule has 6 rings (SSSR count). The lowest BCUT2D eigenvalue weighted by atomic mass is 9.75. The van der Waals surface area contributed by atoms with Crippen molar-refractivity contribution in [2.24, 2.45) is 10.9 Å². The van der Waals surface area contributed by atoms with Gasteiger partial charge in [-0.3, -0.25) is 9.89 Å². The quantitative estimate of drug-likeness (QED) is 0.616. The average Bonchev–Trinajstić information content (AvgIpc) is 2.80.